The zero-order valence-electron chi connectivity index (χ0n) is 19.7. The molecule has 2 N–H and O–H groups in total. The minimum atomic E-state index is -0.350. The maximum absolute atomic E-state index is 12.8. The van der Waals surface area contributed by atoms with Crippen molar-refractivity contribution in [3.63, 3.8) is 0 Å². The molecule has 0 saturated carbocycles. The van der Waals surface area contributed by atoms with Gasteiger partial charge in [-0.3, -0.25) is 14.5 Å². The van der Waals surface area contributed by atoms with Crippen molar-refractivity contribution in [2.75, 3.05) is 28.2 Å². The standard InChI is InChI=1S/C26H30N4O3/c1-6-29(7-2)25-14-13-22(18(4)27-25)30(19(5)31)23-16-21(24(32)15-17(23)3)28-26(33)20-11-9-8-10-12-20/h8-16,32H,6-7H2,1-5H3,(H,28,33). The minimum absolute atomic E-state index is 0.0734. The van der Waals surface area contributed by atoms with Gasteiger partial charge in [-0.15, -0.1) is 0 Å². The van der Waals surface area contributed by atoms with E-state index in [1.807, 2.05) is 25.1 Å². The SMILES string of the molecule is CCN(CC)c1ccc(N(C(C)=O)c2cc(NC(=O)c3ccccc3)c(O)cc2C)c(C)n1. The van der Waals surface area contributed by atoms with Gasteiger partial charge in [0.15, 0.2) is 0 Å². The highest BCUT2D eigenvalue weighted by molar-refractivity contribution is 6.06. The van der Waals surface area contributed by atoms with Crippen LogP contribution in [0.3, 0.4) is 0 Å². The maximum atomic E-state index is 12.8. The van der Waals surface area contributed by atoms with Gasteiger partial charge in [-0.1, -0.05) is 18.2 Å². The zero-order chi connectivity index (χ0) is 24.1. The number of carbonyl (C=O) groups is 2. The van der Waals surface area contributed by atoms with E-state index in [0.29, 0.717) is 28.2 Å². The average molecular weight is 447 g/mol. The van der Waals surface area contributed by atoms with Crippen LogP contribution in [-0.2, 0) is 4.79 Å². The Kier molecular flexibility index (Phi) is 7.33. The fourth-order valence-corrected chi connectivity index (χ4v) is 3.78. The van der Waals surface area contributed by atoms with E-state index in [9.17, 15) is 14.7 Å². The summed E-state index contributed by atoms with van der Waals surface area (Å²) in [7, 11) is 0. The summed E-state index contributed by atoms with van der Waals surface area (Å²) < 4.78 is 0. The van der Waals surface area contributed by atoms with Gasteiger partial charge >= 0.3 is 0 Å². The van der Waals surface area contributed by atoms with E-state index in [4.69, 9.17) is 4.98 Å². The number of anilines is 4. The lowest BCUT2D eigenvalue weighted by Crippen LogP contribution is -2.26. The van der Waals surface area contributed by atoms with Crippen molar-refractivity contribution in [3.05, 3.63) is 71.4 Å². The smallest absolute Gasteiger partial charge is 0.255 e. The molecule has 0 unspecified atom stereocenters. The number of hydrogen-bond donors (Lipinski definition) is 2. The van der Waals surface area contributed by atoms with Crippen LogP contribution in [-0.4, -0.2) is 35.0 Å². The molecule has 33 heavy (non-hydrogen) atoms. The molecular weight excluding hydrogens is 416 g/mol. The Morgan fingerprint density at radius 3 is 2.21 bits per heavy atom. The summed E-state index contributed by atoms with van der Waals surface area (Å²) in [5, 5.41) is 13.2. The number of phenols is 1. The second kappa shape index (κ2) is 10.2. The predicted molar refractivity (Wildman–Crippen MR) is 133 cm³/mol. The second-order valence-electron chi connectivity index (χ2n) is 7.78. The van der Waals surface area contributed by atoms with Gasteiger partial charge in [0.1, 0.15) is 11.6 Å². The monoisotopic (exact) mass is 446 g/mol. The molecule has 0 aliphatic carbocycles. The normalized spacial score (nSPS) is 10.6. The van der Waals surface area contributed by atoms with E-state index in [0.717, 1.165) is 18.9 Å². The lowest BCUT2D eigenvalue weighted by molar-refractivity contribution is -0.115. The van der Waals surface area contributed by atoms with Gasteiger partial charge in [-0.25, -0.2) is 4.98 Å². The number of phenolic OH excluding ortho intramolecular Hbond substituents is 1. The Morgan fingerprint density at radius 1 is 0.970 bits per heavy atom. The number of pyridine rings is 1. The Labute approximate surface area is 194 Å². The van der Waals surface area contributed by atoms with Gasteiger partial charge in [0.25, 0.3) is 5.91 Å². The van der Waals surface area contributed by atoms with Gasteiger partial charge in [0, 0.05) is 25.6 Å². The number of aromatic nitrogens is 1. The van der Waals surface area contributed by atoms with E-state index in [1.165, 1.54) is 6.92 Å². The van der Waals surface area contributed by atoms with Crippen molar-refractivity contribution in [3.8, 4) is 5.75 Å². The quantitative estimate of drug-likeness (QED) is 0.488. The molecule has 0 aliphatic rings. The van der Waals surface area contributed by atoms with Crippen LogP contribution in [0.25, 0.3) is 0 Å². The number of aromatic hydroxyl groups is 1. The number of rotatable bonds is 7. The molecule has 3 rings (SSSR count). The van der Waals surface area contributed by atoms with E-state index in [-0.39, 0.29) is 23.3 Å². The van der Waals surface area contributed by atoms with Gasteiger partial charge in [0.2, 0.25) is 5.91 Å². The number of carbonyl (C=O) groups excluding carboxylic acids is 2. The van der Waals surface area contributed by atoms with Crippen molar-refractivity contribution < 1.29 is 14.7 Å². The third-order valence-electron chi connectivity index (χ3n) is 5.53. The first-order valence-corrected chi connectivity index (χ1v) is 11.0. The van der Waals surface area contributed by atoms with Gasteiger partial charge in [-0.2, -0.15) is 0 Å². The van der Waals surface area contributed by atoms with Crippen molar-refractivity contribution in [1.29, 1.82) is 0 Å². The number of aryl methyl sites for hydroxylation is 2. The molecule has 0 atom stereocenters. The molecule has 7 heteroatoms. The predicted octanol–water partition coefficient (Wildman–Crippen LogP) is 5.19. The molecule has 1 aromatic heterocycles. The van der Waals surface area contributed by atoms with Crippen molar-refractivity contribution in [1.82, 2.24) is 4.98 Å². The molecule has 0 spiro atoms. The Bertz CT molecular complexity index is 1160. The number of benzene rings is 2. The minimum Gasteiger partial charge on any atom is -0.506 e. The van der Waals surface area contributed by atoms with Gasteiger partial charge < -0.3 is 15.3 Å². The molecule has 7 nitrogen and oxygen atoms in total. The summed E-state index contributed by atoms with van der Waals surface area (Å²) in [6.07, 6.45) is 0. The van der Waals surface area contributed by atoms with Gasteiger partial charge in [-0.05, 0) is 69.7 Å². The molecule has 0 aliphatic heterocycles. The highest BCUT2D eigenvalue weighted by atomic mass is 16.3. The Morgan fingerprint density at radius 2 is 1.64 bits per heavy atom. The van der Waals surface area contributed by atoms with Crippen LogP contribution in [0.1, 0.15) is 42.4 Å². The van der Waals surface area contributed by atoms with Crippen LogP contribution in [0.15, 0.2) is 54.6 Å². The number of amides is 2. The number of nitrogens with zero attached hydrogens (tertiary/aromatic N) is 3. The van der Waals surface area contributed by atoms with E-state index in [1.54, 1.807) is 48.2 Å². The summed E-state index contributed by atoms with van der Waals surface area (Å²) in [6.45, 7) is 11.0. The highest BCUT2D eigenvalue weighted by Crippen LogP contribution is 2.37. The summed E-state index contributed by atoms with van der Waals surface area (Å²) >= 11 is 0. The van der Waals surface area contributed by atoms with E-state index in [2.05, 4.69) is 24.1 Å². The van der Waals surface area contributed by atoms with Crippen LogP contribution in [0.5, 0.6) is 5.75 Å². The van der Waals surface area contributed by atoms with Crippen LogP contribution in [0.2, 0.25) is 0 Å². The van der Waals surface area contributed by atoms with Crippen molar-refractivity contribution in [2.45, 2.75) is 34.6 Å². The summed E-state index contributed by atoms with van der Waals surface area (Å²) in [4.78, 5) is 33.8. The van der Waals surface area contributed by atoms with E-state index < -0.39 is 0 Å². The maximum Gasteiger partial charge on any atom is 0.255 e. The molecule has 0 radical (unpaired) electrons. The van der Waals surface area contributed by atoms with Crippen LogP contribution in [0, 0.1) is 13.8 Å². The Balaban J connectivity index is 2.03. The highest BCUT2D eigenvalue weighted by Gasteiger charge is 2.22. The molecular formula is C26H30N4O3. The molecule has 0 bridgehead atoms. The van der Waals surface area contributed by atoms with Crippen molar-refractivity contribution >= 4 is 34.7 Å². The first-order chi connectivity index (χ1) is 15.8. The number of hydrogen-bond acceptors (Lipinski definition) is 5. The fraction of sp³-hybridized carbons (Fsp3) is 0.269. The average Bonchev–Trinajstić information content (AvgIpc) is 2.79. The molecule has 3 aromatic rings. The summed E-state index contributed by atoms with van der Waals surface area (Å²) in [5.41, 5.74) is 3.29. The van der Waals surface area contributed by atoms with Gasteiger partial charge in [0.05, 0.1) is 22.8 Å². The first-order valence-electron chi connectivity index (χ1n) is 11.0. The van der Waals surface area contributed by atoms with Crippen molar-refractivity contribution in [2.24, 2.45) is 0 Å². The fourth-order valence-electron chi connectivity index (χ4n) is 3.78. The topological polar surface area (TPSA) is 85.8 Å². The summed E-state index contributed by atoms with van der Waals surface area (Å²) in [6, 6.07) is 15.7. The molecule has 1 heterocycles. The summed E-state index contributed by atoms with van der Waals surface area (Å²) in [5.74, 6) is 0.222. The lowest BCUT2D eigenvalue weighted by Gasteiger charge is -2.27. The van der Waals surface area contributed by atoms with Crippen LogP contribution >= 0.6 is 0 Å². The van der Waals surface area contributed by atoms with Crippen LogP contribution in [0.4, 0.5) is 22.9 Å². The van der Waals surface area contributed by atoms with E-state index >= 15 is 0 Å². The third kappa shape index (κ3) is 5.14. The number of nitrogens with one attached hydrogen (secondary N) is 1. The molecule has 2 amide bonds. The lowest BCUT2D eigenvalue weighted by atomic mass is 10.1. The van der Waals surface area contributed by atoms with Crippen LogP contribution < -0.4 is 15.1 Å². The molecule has 0 saturated heterocycles. The molecule has 172 valence electrons. The zero-order valence-corrected chi connectivity index (χ0v) is 19.7. The largest absolute Gasteiger partial charge is 0.506 e. The molecule has 2 aromatic carbocycles. The Hall–Kier alpha value is -3.87. The first kappa shape index (κ1) is 23.8. The second-order valence-corrected chi connectivity index (χ2v) is 7.78. The molecule has 0 fully saturated rings. The third-order valence-corrected chi connectivity index (χ3v) is 5.53.